The van der Waals surface area contributed by atoms with Gasteiger partial charge in [-0.3, -0.25) is 9.59 Å². The Morgan fingerprint density at radius 3 is 2.12 bits per heavy atom. The Bertz CT molecular complexity index is 1080. The standard InChI is InChI=1S/C27H27N3O2/c1-21-7-10-23(11-8-21)27(32)28-24-12-14-25(15-13-24)29-17-19-30(20-18-29)26(31)16-9-22-5-3-2-4-6-22/h2-16H,17-20H2,1H3,(H,28,32)/b16-9+. The van der Waals surface area contributed by atoms with Crippen LogP contribution in [0.25, 0.3) is 6.08 Å². The maximum absolute atomic E-state index is 12.5. The fraction of sp³-hybridized carbons (Fsp3) is 0.185. The fourth-order valence-corrected chi connectivity index (χ4v) is 3.69. The summed E-state index contributed by atoms with van der Waals surface area (Å²) >= 11 is 0. The Morgan fingerprint density at radius 2 is 1.47 bits per heavy atom. The van der Waals surface area contributed by atoms with Crippen LogP contribution in [0.2, 0.25) is 0 Å². The highest BCUT2D eigenvalue weighted by atomic mass is 16.2. The molecule has 1 saturated heterocycles. The van der Waals surface area contributed by atoms with Gasteiger partial charge in [-0.25, -0.2) is 0 Å². The number of piperazine rings is 1. The molecule has 1 heterocycles. The van der Waals surface area contributed by atoms with Gasteiger partial charge in [0.1, 0.15) is 0 Å². The maximum atomic E-state index is 12.5. The number of rotatable bonds is 5. The summed E-state index contributed by atoms with van der Waals surface area (Å²) in [4.78, 5) is 29.0. The quantitative estimate of drug-likeness (QED) is 0.608. The van der Waals surface area contributed by atoms with Crippen molar-refractivity contribution in [1.29, 1.82) is 0 Å². The second-order valence-electron chi connectivity index (χ2n) is 7.92. The Hall–Kier alpha value is -3.86. The van der Waals surface area contributed by atoms with Crippen molar-refractivity contribution in [3.05, 3.63) is 102 Å². The Labute approximate surface area is 189 Å². The fourth-order valence-electron chi connectivity index (χ4n) is 3.69. The van der Waals surface area contributed by atoms with E-state index in [0.29, 0.717) is 18.7 Å². The van der Waals surface area contributed by atoms with Gasteiger partial charge in [-0.05, 0) is 55.0 Å². The van der Waals surface area contributed by atoms with Crippen LogP contribution in [0.1, 0.15) is 21.5 Å². The first-order valence-corrected chi connectivity index (χ1v) is 10.8. The van der Waals surface area contributed by atoms with Gasteiger partial charge in [0.05, 0.1) is 0 Å². The largest absolute Gasteiger partial charge is 0.368 e. The predicted molar refractivity (Wildman–Crippen MR) is 130 cm³/mol. The van der Waals surface area contributed by atoms with Gasteiger partial charge in [0.25, 0.3) is 5.91 Å². The molecule has 3 aromatic carbocycles. The van der Waals surface area contributed by atoms with Gasteiger partial charge in [0, 0.05) is 49.2 Å². The van der Waals surface area contributed by atoms with Crippen molar-refractivity contribution in [3.63, 3.8) is 0 Å². The summed E-state index contributed by atoms with van der Waals surface area (Å²) < 4.78 is 0. The molecule has 1 aliphatic rings. The molecule has 0 aromatic heterocycles. The monoisotopic (exact) mass is 425 g/mol. The molecule has 3 aromatic rings. The number of carbonyl (C=O) groups is 2. The van der Waals surface area contributed by atoms with Crippen LogP contribution < -0.4 is 10.2 Å². The highest BCUT2D eigenvalue weighted by Crippen LogP contribution is 2.20. The Balaban J connectivity index is 1.29. The van der Waals surface area contributed by atoms with E-state index in [9.17, 15) is 9.59 Å². The van der Waals surface area contributed by atoms with Crippen molar-refractivity contribution < 1.29 is 9.59 Å². The number of aryl methyl sites for hydroxylation is 1. The summed E-state index contributed by atoms with van der Waals surface area (Å²) in [5.74, 6) is -0.0731. The molecular weight excluding hydrogens is 398 g/mol. The Kier molecular flexibility index (Phi) is 6.66. The lowest BCUT2D eigenvalue weighted by Crippen LogP contribution is -2.48. The molecule has 5 heteroatoms. The van der Waals surface area contributed by atoms with E-state index in [2.05, 4.69) is 10.2 Å². The lowest BCUT2D eigenvalue weighted by atomic mass is 10.1. The van der Waals surface area contributed by atoms with Crippen LogP contribution in [0.15, 0.2) is 84.9 Å². The SMILES string of the molecule is Cc1ccc(C(=O)Nc2ccc(N3CCN(C(=O)/C=C/c4ccccc4)CC3)cc2)cc1. The number of nitrogens with one attached hydrogen (secondary N) is 1. The molecule has 1 aliphatic heterocycles. The molecular formula is C27H27N3O2. The average Bonchev–Trinajstić information content (AvgIpc) is 2.84. The molecule has 5 nitrogen and oxygen atoms in total. The topological polar surface area (TPSA) is 52.7 Å². The summed E-state index contributed by atoms with van der Waals surface area (Å²) in [7, 11) is 0. The van der Waals surface area contributed by atoms with E-state index >= 15 is 0 Å². The molecule has 2 amide bonds. The van der Waals surface area contributed by atoms with E-state index in [1.54, 1.807) is 6.08 Å². The minimum Gasteiger partial charge on any atom is -0.368 e. The van der Waals surface area contributed by atoms with Crippen LogP contribution in [0.5, 0.6) is 0 Å². The van der Waals surface area contributed by atoms with Crippen molar-refractivity contribution in [3.8, 4) is 0 Å². The zero-order valence-electron chi connectivity index (χ0n) is 18.2. The molecule has 32 heavy (non-hydrogen) atoms. The van der Waals surface area contributed by atoms with E-state index < -0.39 is 0 Å². The van der Waals surface area contributed by atoms with Crippen molar-refractivity contribution >= 4 is 29.3 Å². The molecule has 1 N–H and O–H groups in total. The Morgan fingerprint density at radius 1 is 0.812 bits per heavy atom. The van der Waals surface area contributed by atoms with Crippen molar-refractivity contribution in [1.82, 2.24) is 4.90 Å². The number of carbonyl (C=O) groups excluding carboxylic acids is 2. The van der Waals surface area contributed by atoms with Crippen LogP contribution in [0.3, 0.4) is 0 Å². The van der Waals surface area contributed by atoms with E-state index in [1.165, 1.54) is 0 Å². The van der Waals surface area contributed by atoms with Gasteiger partial charge in [-0.1, -0.05) is 48.0 Å². The average molecular weight is 426 g/mol. The number of hydrogen-bond acceptors (Lipinski definition) is 3. The number of benzene rings is 3. The minimum atomic E-state index is -0.117. The normalized spacial score (nSPS) is 13.9. The number of amides is 2. The molecule has 1 fully saturated rings. The maximum Gasteiger partial charge on any atom is 0.255 e. The zero-order valence-corrected chi connectivity index (χ0v) is 18.2. The smallest absolute Gasteiger partial charge is 0.255 e. The first-order chi connectivity index (χ1) is 15.6. The molecule has 0 saturated carbocycles. The zero-order chi connectivity index (χ0) is 22.3. The molecule has 0 bridgehead atoms. The van der Waals surface area contributed by atoms with Gasteiger partial charge >= 0.3 is 0 Å². The van der Waals surface area contributed by atoms with Gasteiger partial charge in [-0.2, -0.15) is 0 Å². The summed E-state index contributed by atoms with van der Waals surface area (Å²) in [5, 5.41) is 2.94. The van der Waals surface area contributed by atoms with Crippen LogP contribution in [-0.2, 0) is 4.79 Å². The first kappa shape index (κ1) is 21.4. The van der Waals surface area contributed by atoms with Crippen molar-refractivity contribution in [2.45, 2.75) is 6.92 Å². The molecule has 0 unspecified atom stereocenters. The van der Waals surface area contributed by atoms with Crippen LogP contribution in [0.4, 0.5) is 11.4 Å². The molecule has 0 atom stereocenters. The van der Waals surface area contributed by atoms with Gasteiger partial charge < -0.3 is 15.1 Å². The van der Waals surface area contributed by atoms with Crippen LogP contribution in [0, 0.1) is 6.92 Å². The first-order valence-electron chi connectivity index (χ1n) is 10.8. The second-order valence-corrected chi connectivity index (χ2v) is 7.92. The van der Waals surface area contributed by atoms with Gasteiger partial charge in [0.15, 0.2) is 0 Å². The number of anilines is 2. The summed E-state index contributed by atoms with van der Waals surface area (Å²) in [6.07, 6.45) is 3.51. The molecule has 0 radical (unpaired) electrons. The summed E-state index contributed by atoms with van der Waals surface area (Å²) in [6, 6.07) is 25.2. The third kappa shape index (κ3) is 5.43. The molecule has 0 aliphatic carbocycles. The van der Waals surface area contributed by atoms with Gasteiger partial charge in [0.2, 0.25) is 5.91 Å². The van der Waals surface area contributed by atoms with Crippen LogP contribution in [-0.4, -0.2) is 42.9 Å². The highest BCUT2D eigenvalue weighted by Gasteiger charge is 2.20. The summed E-state index contributed by atoms with van der Waals surface area (Å²) in [5.41, 5.74) is 4.64. The summed E-state index contributed by atoms with van der Waals surface area (Å²) in [6.45, 7) is 4.92. The second kappa shape index (κ2) is 9.96. The van der Waals surface area contributed by atoms with E-state index in [-0.39, 0.29) is 11.8 Å². The number of hydrogen-bond donors (Lipinski definition) is 1. The third-order valence-electron chi connectivity index (χ3n) is 5.61. The minimum absolute atomic E-state index is 0.0441. The lowest BCUT2D eigenvalue weighted by molar-refractivity contribution is -0.126. The molecule has 4 rings (SSSR count). The van der Waals surface area contributed by atoms with Gasteiger partial charge in [-0.15, -0.1) is 0 Å². The molecule has 0 spiro atoms. The van der Waals surface area contributed by atoms with E-state index in [4.69, 9.17) is 0 Å². The number of nitrogens with zero attached hydrogens (tertiary/aromatic N) is 2. The van der Waals surface area contributed by atoms with Crippen molar-refractivity contribution in [2.24, 2.45) is 0 Å². The van der Waals surface area contributed by atoms with Crippen LogP contribution >= 0.6 is 0 Å². The highest BCUT2D eigenvalue weighted by molar-refractivity contribution is 6.04. The lowest BCUT2D eigenvalue weighted by Gasteiger charge is -2.35. The van der Waals surface area contributed by atoms with Crippen molar-refractivity contribution in [2.75, 3.05) is 36.4 Å². The van der Waals surface area contributed by atoms with E-state index in [1.807, 2.05) is 96.8 Å². The molecule has 162 valence electrons. The predicted octanol–water partition coefficient (Wildman–Crippen LogP) is 4.61. The third-order valence-corrected chi connectivity index (χ3v) is 5.61. The van der Waals surface area contributed by atoms with E-state index in [0.717, 1.165) is 35.6 Å².